The van der Waals surface area contributed by atoms with Crippen LogP contribution < -0.4 is 20.3 Å². The molecule has 0 saturated carbocycles. The molecule has 3 N–H and O–H groups in total. The van der Waals surface area contributed by atoms with Crippen LogP contribution in [0.25, 0.3) is 0 Å². The van der Waals surface area contributed by atoms with E-state index in [9.17, 15) is 8.42 Å². The molecule has 10 nitrogen and oxygen atoms in total. The molecule has 1 atom stereocenters. The summed E-state index contributed by atoms with van der Waals surface area (Å²) in [5.41, 5.74) is 3.96. The van der Waals surface area contributed by atoms with Gasteiger partial charge in [0.1, 0.15) is 10.7 Å². The van der Waals surface area contributed by atoms with Crippen molar-refractivity contribution in [3.8, 4) is 0 Å². The largest absolute Gasteiger partial charge is 0.363 e. The fourth-order valence-electron chi connectivity index (χ4n) is 4.08. The highest BCUT2D eigenvalue weighted by atomic mass is 35.5. The zero-order chi connectivity index (χ0) is 25.9. The second-order valence-electron chi connectivity index (χ2n) is 9.18. The smallest absolute Gasteiger partial charge is 0.233 e. The highest BCUT2D eigenvalue weighted by molar-refractivity contribution is 7.92. The molecule has 0 aliphatic carbocycles. The number of halogens is 1. The first-order valence-corrected chi connectivity index (χ1v) is 14.0. The average Bonchev–Trinajstić information content (AvgIpc) is 3.06. The van der Waals surface area contributed by atoms with E-state index in [1.165, 1.54) is 36.8 Å². The number of fused-ring (bicyclic) bond motifs is 1. The van der Waals surface area contributed by atoms with Crippen LogP contribution in [0.3, 0.4) is 0 Å². The van der Waals surface area contributed by atoms with Crippen molar-refractivity contribution in [2.24, 2.45) is 5.92 Å². The third-order valence-corrected chi connectivity index (χ3v) is 7.71. The first-order chi connectivity index (χ1) is 17.1. The number of rotatable bonds is 8. The minimum Gasteiger partial charge on any atom is -0.363 e. The summed E-state index contributed by atoms with van der Waals surface area (Å²) in [4.78, 5) is 17.3. The van der Waals surface area contributed by atoms with Crippen LogP contribution in [0.4, 0.5) is 23.3 Å². The topological polar surface area (TPSA) is 125 Å². The normalized spacial score (nSPS) is 15.8. The lowest BCUT2D eigenvalue weighted by Gasteiger charge is -2.19. The van der Waals surface area contributed by atoms with Gasteiger partial charge < -0.3 is 16.0 Å². The zero-order valence-corrected chi connectivity index (χ0v) is 22.4. The fourth-order valence-corrected chi connectivity index (χ4v) is 4.71. The molecule has 192 valence electrons. The predicted octanol–water partition coefficient (Wildman–Crippen LogP) is 3.73. The van der Waals surface area contributed by atoms with Gasteiger partial charge in [0.05, 0.1) is 19.0 Å². The number of nitrogens with one attached hydrogen (secondary N) is 3. The van der Waals surface area contributed by atoms with Crippen molar-refractivity contribution in [3.63, 3.8) is 0 Å². The molecule has 1 aliphatic heterocycles. The van der Waals surface area contributed by atoms with Crippen molar-refractivity contribution in [1.82, 2.24) is 25.3 Å². The lowest BCUT2D eigenvalue weighted by atomic mass is 9.97. The second-order valence-corrected chi connectivity index (χ2v) is 11.6. The Bertz CT molecular complexity index is 1340. The van der Waals surface area contributed by atoms with Gasteiger partial charge in [-0.15, -0.1) is 0 Å². The number of aromatic nitrogens is 4. The number of anilines is 4. The van der Waals surface area contributed by atoms with Crippen LogP contribution in [-0.4, -0.2) is 47.7 Å². The van der Waals surface area contributed by atoms with Crippen LogP contribution in [0.1, 0.15) is 37.1 Å². The number of nitrogens with zero attached hydrogens (tertiary/aromatic N) is 5. The maximum atomic E-state index is 12.0. The highest BCUT2D eigenvalue weighted by Gasteiger charge is 2.20. The van der Waals surface area contributed by atoms with E-state index >= 15 is 0 Å². The van der Waals surface area contributed by atoms with E-state index in [1.54, 1.807) is 0 Å². The Labute approximate surface area is 217 Å². The van der Waals surface area contributed by atoms with E-state index in [-0.39, 0.29) is 12.4 Å². The molecular formula is C24H31ClN8O2S. The summed E-state index contributed by atoms with van der Waals surface area (Å²) >= 11 is 6.33. The third-order valence-electron chi connectivity index (χ3n) is 6.26. The van der Waals surface area contributed by atoms with Gasteiger partial charge in [-0.1, -0.05) is 31.5 Å². The number of hydrogen-bond acceptors (Lipinski definition) is 9. The molecule has 0 radical (unpaired) electrons. The Morgan fingerprint density at radius 1 is 1.19 bits per heavy atom. The van der Waals surface area contributed by atoms with Gasteiger partial charge in [0.25, 0.3) is 0 Å². The van der Waals surface area contributed by atoms with Gasteiger partial charge in [-0.3, -0.25) is 9.29 Å². The predicted molar refractivity (Wildman–Crippen MR) is 143 cm³/mol. The average molecular weight is 531 g/mol. The third kappa shape index (κ3) is 6.21. The van der Waals surface area contributed by atoms with Crippen molar-refractivity contribution in [2.45, 2.75) is 45.8 Å². The van der Waals surface area contributed by atoms with Crippen molar-refractivity contribution in [2.75, 3.05) is 28.2 Å². The second kappa shape index (κ2) is 10.9. The standard InChI is InChI=1S/C24H31ClN8O2S/c1-15(2)20-8-6-16-11-18(7-5-17(16)12-28-20)31-24-30-13-19(25)22(32-24)29-14-21-23(27-10-9-26-21)33(3)36(4,34)35/h5,7,9-11,13,15,20,28H,6,8,12,14H2,1-4H3,(H2,29,30,31,32). The van der Waals surface area contributed by atoms with Crippen molar-refractivity contribution < 1.29 is 8.42 Å². The van der Waals surface area contributed by atoms with Crippen LogP contribution in [0, 0.1) is 5.92 Å². The van der Waals surface area contributed by atoms with E-state index in [4.69, 9.17) is 11.6 Å². The molecule has 0 spiro atoms. The Balaban J connectivity index is 1.48. The highest BCUT2D eigenvalue weighted by Crippen LogP contribution is 2.26. The summed E-state index contributed by atoms with van der Waals surface area (Å²) < 4.78 is 25.0. The van der Waals surface area contributed by atoms with Crippen LogP contribution in [0.15, 0.2) is 36.8 Å². The van der Waals surface area contributed by atoms with Crippen molar-refractivity contribution in [3.05, 3.63) is 58.6 Å². The summed E-state index contributed by atoms with van der Waals surface area (Å²) in [6.07, 6.45) is 7.68. The number of sulfonamides is 1. The van der Waals surface area contributed by atoms with Gasteiger partial charge in [0.2, 0.25) is 16.0 Å². The van der Waals surface area contributed by atoms with Crippen LogP contribution in [-0.2, 0) is 29.5 Å². The summed E-state index contributed by atoms with van der Waals surface area (Å²) in [6.45, 7) is 5.53. The zero-order valence-electron chi connectivity index (χ0n) is 20.8. The minimum atomic E-state index is -3.49. The Kier molecular flexibility index (Phi) is 7.91. The molecule has 4 rings (SSSR count). The first kappa shape index (κ1) is 26.1. The van der Waals surface area contributed by atoms with Gasteiger partial charge in [0.15, 0.2) is 11.6 Å². The van der Waals surface area contributed by atoms with Crippen molar-refractivity contribution >= 4 is 44.9 Å². The molecule has 12 heteroatoms. The molecular weight excluding hydrogens is 500 g/mol. The van der Waals surface area contributed by atoms with Crippen LogP contribution in [0.5, 0.6) is 0 Å². The fraction of sp³-hybridized carbons (Fsp3) is 0.417. The number of aryl methyl sites for hydroxylation is 1. The first-order valence-electron chi connectivity index (χ1n) is 11.7. The number of benzene rings is 1. The molecule has 3 heterocycles. The molecule has 0 amide bonds. The summed E-state index contributed by atoms with van der Waals surface area (Å²) in [5.74, 6) is 1.61. The summed E-state index contributed by atoms with van der Waals surface area (Å²) in [6, 6.07) is 6.82. The molecule has 1 aromatic carbocycles. The SMILES string of the molecule is CC(C)C1CCc2cc(Nc3ncc(Cl)c(NCc4nccnc4N(C)S(C)(=O)=O)n3)ccc2CN1. The van der Waals surface area contributed by atoms with Gasteiger partial charge in [-0.25, -0.2) is 18.4 Å². The van der Waals surface area contributed by atoms with E-state index < -0.39 is 10.0 Å². The number of hydrogen-bond donors (Lipinski definition) is 3. The molecule has 1 unspecified atom stereocenters. The minimum absolute atomic E-state index is 0.169. The molecule has 36 heavy (non-hydrogen) atoms. The molecule has 1 aliphatic rings. The summed E-state index contributed by atoms with van der Waals surface area (Å²) in [7, 11) is -2.06. The molecule has 0 bridgehead atoms. The lowest BCUT2D eigenvalue weighted by Crippen LogP contribution is -2.32. The van der Waals surface area contributed by atoms with Gasteiger partial charge >= 0.3 is 0 Å². The Morgan fingerprint density at radius 3 is 2.72 bits per heavy atom. The molecule has 2 aromatic heterocycles. The van der Waals surface area contributed by atoms with Crippen LogP contribution >= 0.6 is 11.6 Å². The van der Waals surface area contributed by atoms with Crippen LogP contribution in [0.2, 0.25) is 5.02 Å². The van der Waals surface area contributed by atoms with Crippen molar-refractivity contribution in [1.29, 1.82) is 0 Å². The quantitative estimate of drug-likeness (QED) is 0.399. The summed E-state index contributed by atoms with van der Waals surface area (Å²) in [5, 5.41) is 10.4. The molecule has 3 aromatic rings. The van der Waals surface area contributed by atoms with E-state index in [0.717, 1.165) is 35.6 Å². The van der Waals surface area contributed by atoms with Gasteiger partial charge in [-0.2, -0.15) is 4.98 Å². The monoisotopic (exact) mass is 530 g/mol. The Hall–Kier alpha value is -3.02. The van der Waals surface area contributed by atoms with E-state index in [1.807, 2.05) is 6.07 Å². The van der Waals surface area contributed by atoms with Gasteiger partial charge in [-0.05, 0) is 42.0 Å². The molecule has 0 saturated heterocycles. The maximum Gasteiger partial charge on any atom is 0.233 e. The lowest BCUT2D eigenvalue weighted by molar-refractivity contribution is 0.386. The maximum absolute atomic E-state index is 12.0. The van der Waals surface area contributed by atoms with Gasteiger partial charge in [0, 0.05) is 37.7 Å². The van der Waals surface area contributed by atoms with E-state index in [2.05, 4.69) is 61.9 Å². The Morgan fingerprint density at radius 2 is 1.97 bits per heavy atom. The van der Waals surface area contributed by atoms with E-state index in [0.29, 0.717) is 34.4 Å². The molecule has 0 fully saturated rings.